The van der Waals surface area contributed by atoms with Gasteiger partial charge in [0.2, 0.25) is 0 Å². The number of nitrogens with zero attached hydrogens (tertiary/aromatic N) is 2. The lowest BCUT2D eigenvalue weighted by Crippen LogP contribution is -2.03. The number of esters is 1. The van der Waals surface area contributed by atoms with Gasteiger partial charge in [0.15, 0.2) is 0 Å². The maximum Gasteiger partial charge on any atom is 0.336 e. The van der Waals surface area contributed by atoms with E-state index in [1.165, 1.54) is 6.08 Å². The summed E-state index contributed by atoms with van der Waals surface area (Å²) in [6, 6.07) is 16.7. The van der Waals surface area contributed by atoms with E-state index >= 15 is 0 Å². The highest BCUT2D eigenvalue weighted by Gasteiger charge is 2.11. The molecule has 0 aliphatic heterocycles. The Hall–Kier alpha value is -3.34. The van der Waals surface area contributed by atoms with Crippen LogP contribution in [0.5, 0.6) is 11.5 Å². The Balaban J connectivity index is 1.75. The van der Waals surface area contributed by atoms with Gasteiger partial charge in [-0.15, -0.1) is 0 Å². The summed E-state index contributed by atoms with van der Waals surface area (Å²) in [7, 11) is 1.59. The Morgan fingerprint density at radius 3 is 2.31 bits per heavy atom. The molecule has 0 N–H and O–H groups in total. The molecule has 5 heteroatoms. The Labute approximate surface area is 152 Å². The number of methoxy groups -OCH3 is 1. The van der Waals surface area contributed by atoms with Crippen molar-refractivity contribution in [2.75, 3.05) is 7.11 Å². The lowest BCUT2D eigenvalue weighted by Gasteiger charge is -2.04. The van der Waals surface area contributed by atoms with Crippen LogP contribution in [0.1, 0.15) is 17.0 Å². The van der Waals surface area contributed by atoms with Crippen LogP contribution in [0, 0.1) is 13.8 Å². The van der Waals surface area contributed by atoms with Crippen LogP contribution in [-0.4, -0.2) is 22.9 Å². The predicted molar refractivity (Wildman–Crippen MR) is 101 cm³/mol. The summed E-state index contributed by atoms with van der Waals surface area (Å²) in [5, 5.41) is 4.56. The fraction of sp³-hybridized carbons (Fsp3) is 0.143. The topological polar surface area (TPSA) is 53.4 Å². The van der Waals surface area contributed by atoms with E-state index < -0.39 is 5.97 Å². The van der Waals surface area contributed by atoms with Gasteiger partial charge in [0, 0.05) is 17.3 Å². The Bertz CT molecular complexity index is 926. The van der Waals surface area contributed by atoms with Gasteiger partial charge in [-0.3, -0.25) is 0 Å². The quantitative estimate of drug-likeness (QED) is 0.395. The molecule has 1 aromatic heterocycles. The van der Waals surface area contributed by atoms with Gasteiger partial charge in [-0.1, -0.05) is 18.2 Å². The second kappa shape index (κ2) is 7.70. The summed E-state index contributed by atoms with van der Waals surface area (Å²) in [5.74, 6) is 0.732. The first kappa shape index (κ1) is 17.5. The average molecular weight is 348 g/mol. The van der Waals surface area contributed by atoms with Crippen molar-refractivity contribution in [2.24, 2.45) is 0 Å². The summed E-state index contributed by atoms with van der Waals surface area (Å²) >= 11 is 0. The molecule has 0 fully saturated rings. The SMILES string of the molecule is COc1ccc(OC(=O)/C=C/c2c(C)nn(-c3ccccc3)c2C)cc1. The van der Waals surface area contributed by atoms with Gasteiger partial charge in [-0.25, -0.2) is 9.48 Å². The van der Waals surface area contributed by atoms with Crippen LogP contribution < -0.4 is 9.47 Å². The van der Waals surface area contributed by atoms with Gasteiger partial charge >= 0.3 is 5.97 Å². The molecule has 0 spiro atoms. The molecule has 0 bridgehead atoms. The van der Waals surface area contributed by atoms with Crippen molar-refractivity contribution in [1.82, 2.24) is 9.78 Å². The molecule has 26 heavy (non-hydrogen) atoms. The standard InChI is InChI=1S/C21H20N2O3/c1-15-20(16(2)23(22-15)17-7-5-4-6-8-17)13-14-21(24)26-19-11-9-18(25-3)10-12-19/h4-14H,1-3H3/b14-13+. The largest absolute Gasteiger partial charge is 0.497 e. The summed E-state index contributed by atoms with van der Waals surface area (Å²) in [4.78, 5) is 12.1. The molecular formula is C21H20N2O3. The third-order valence-electron chi connectivity index (χ3n) is 4.01. The number of hydrogen-bond donors (Lipinski definition) is 0. The maximum atomic E-state index is 12.1. The van der Waals surface area contributed by atoms with E-state index in [1.807, 2.05) is 48.9 Å². The zero-order valence-corrected chi connectivity index (χ0v) is 15.0. The van der Waals surface area contributed by atoms with Crippen LogP contribution in [-0.2, 0) is 4.79 Å². The molecule has 2 aromatic carbocycles. The van der Waals surface area contributed by atoms with Gasteiger partial charge in [0.25, 0.3) is 0 Å². The van der Waals surface area contributed by atoms with Gasteiger partial charge in [-0.2, -0.15) is 5.10 Å². The number of rotatable bonds is 5. The number of aryl methyl sites for hydroxylation is 1. The van der Waals surface area contributed by atoms with Gasteiger partial charge in [0.1, 0.15) is 11.5 Å². The van der Waals surface area contributed by atoms with Crippen molar-refractivity contribution in [2.45, 2.75) is 13.8 Å². The third kappa shape index (κ3) is 3.83. The first-order valence-electron chi connectivity index (χ1n) is 8.24. The number of carbonyl (C=O) groups excluding carboxylic acids is 1. The van der Waals surface area contributed by atoms with E-state index in [0.717, 1.165) is 22.6 Å². The molecule has 0 saturated heterocycles. The van der Waals surface area contributed by atoms with Crippen molar-refractivity contribution in [3.63, 3.8) is 0 Å². The molecule has 3 aromatic rings. The minimum absolute atomic E-state index is 0.443. The molecule has 0 amide bonds. The highest BCUT2D eigenvalue weighted by molar-refractivity contribution is 5.89. The number of carbonyl (C=O) groups is 1. The van der Waals surface area contributed by atoms with E-state index in [1.54, 1.807) is 37.5 Å². The second-order valence-electron chi connectivity index (χ2n) is 5.76. The van der Waals surface area contributed by atoms with E-state index in [-0.39, 0.29) is 0 Å². The fourth-order valence-electron chi connectivity index (χ4n) is 2.66. The molecule has 0 aliphatic rings. The molecule has 5 nitrogen and oxygen atoms in total. The van der Waals surface area contributed by atoms with Crippen LogP contribution in [0.25, 0.3) is 11.8 Å². The highest BCUT2D eigenvalue weighted by atomic mass is 16.5. The molecule has 0 saturated carbocycles. The molecule has 0 unspecified atom stereocenters. The van der Waals surface area contributed by atoms with Crippen LogP contribution in [0.2, 0.25) is 0 Å². The van der Waals surface area contributed by atoms with E-state index in [0.29, 0.717) is 11.5 Å². The fourth-order valence-corrected chi connectivity index (χ4v) is 2.66. The summed E-state index contributed by atoms with van der Waals surface area (Å²) in [6.45, 7) is 3.89. The van der Waals surface area contributed by atoms with Crippen LogP contribution in [0.15, 0.2) is 60.7 Å². The van der Waals surface area contributed by atoms with Gasteiger partial charge in [-0.05, 0) is 56.3 Å². The Morgan fingerprint density at radius 2 is 1.65 bits per heavy atom. The van der Waals surface area contributed by atoms with Crippen LogP contribution in [0.3, 0.4) is 0 Å². The molecular weight excluding hydrogens is 328 g/mol. The lowest BCUT2D eigenvalue weighted by atomic mass is 10.2. The van der Waals surface area contributed by atoms with Crippen molar-refractivity contribution in [1.29, 1.82) is 0 Å². The molecule has 132 valence electrons. The second-order valence-corrected chi connectivity index (χ2v) is 5.76. The van der Waals surface area contributed by atoms with E-state index in [9.17, 15) is 4.79 Å². The molecule has 0 aliphatic carbocycles. The summed E-state index contributed by atoms with van der Waals surface area (Å²) in [5.41, 5.74) is 3.69. The van der Waals surface area contributed by atoms with Crippen molar-refractivity contribution in [3.8, 4) is 17.2 Å². The molecule has 3 rings (SSSR count). The first-order chi connectivity index (χ1) is 12.6. The van der Waals surface area contributed by atoms with E-state index in [4.69, 9.17) is 9.47 Å². The molecule has 1 heterocycles. The van der Waals surface area contributed by atoms with Gasteiger partial charge < -0.3 is 9.47 Å². The monoisotopic (exact) mass is 348 g/mol. The minimum atomic E-state index is -0.443. The Morgan fingerprint density at radius 1 is 1.00 bits per heavy atom. The number of aromatic nitrogens is 2. The van der Waals surface area contributed by atoms with Crippen LogP contribution >= 0.6 is 0 Å². The smallest absolute Gasteiger partial charge is 0.336 e. The lowest BCUT2D eigenvalue weighted by molar-refractivity contribution is -0.128. The average Bonchev–Trinajstić information content (AvgIpc) is 2.95. The third-order valence-corrected chi connectivity index (χ3v) is 4.01. The minimum Gasteiger partial charge on any atom is -0.497 e. The zero-order chi connectivity index (χ0) is 18.5. The normalized spacial score (nSPS) is 10.9. The predicted octanol–water partition coefficient (Wildman–Crippen LogP) is 4.12. The Kier molecular flexibility index (Phi) is 5.17. The first-order valence-corrected chi connectivity index (χ1v) is 8.24. The highest BCUT2D eigenvalue weighted by Crippen LogP contribution is 2.20. The number of benzene rings is 2. The summed E-state index contributed by atoms with van der Waals surface area (Å²) in [6.07, 6.45) is 3.15. The molecule has 0 radical (unpaired) electrons. The number of para-hydroxylation sites is 1. The maximum absolute atomic E-state index is 12.1. The molecule has 0 atom stereocenters. The van der Waals surface area contributed by atoms with Crippen LogP contribution in [0.4, 0.5) is 0 Å². The summed E-state index contributed by atoms with van der Waals surface area (Å²) < 4.78 is 12.2. The zero-order valence-electron chi connectivity index (χ0n) is 15.0. The number of ether oxygens (including phenoxy) is 2. The van der Waals surface area contributed by atoms with Gasteiger partial charge in [0.05, 0.1) is 18.5 Å². The van der Waals surface area contributed by atoms with E-state index in [2.05, 4.69) is 5.10 Å². The van der Waals surface area contributed by atoms with Crippen molar-refractivity contribution in [3.05, 3.63) is 77.6 Å². The van der Waals surface area contributed by atoms with Crippen molar-refractivity contribution < 1.29 is 14.3 Å². The van der Waals surface area contributed by atoms with Crippen molar-refractivity contribution >= 4 is 12.0 Å². The number of hydrogen-bond acceptors (Lipinski definition) is 4.